The summed E-state index contributed by atoms with van der Waals surface area (Å²) >= 11 is 3.26. The van der Waals surface area contributed by atoms with E-state index in [0.717, 1.165) is 52.5 Å². The lowest BCUT2D eigenvalue weighted by atomic mass is 9.73. The molecule has 0 bridgehead atoms. The van der Waals surface area contributed by atoms with Gasteiger partial charge in [0.1, 0.15) is 17.5 Å². The minimum Gasteiger partial charge on any atom is -0.400 e. The largest absolute Gasteiger partial charge is 0.490 e. The van der Waals surface area contributed by atoms with Crippen LogP contribution in [0.3, 0.4) is 0 Å². The summed E-state index contributed by atoms with van der Waals surface area (Å²) in [5.74, 6) is -0.384. The Morgan fingerprint density at radius 3 is 1.80 bits per heavy atom. The monoisotopic (exact) mass is 811 g/mol. The number of aliphatic hydroxyl groups excluding tert-OH is 1. The van der Waals surface area contributed by atoms with E-state index in [9.17, 15) is 18.3 Å². The molecular formula is C45H62BBrF3NO3. The van der Waals surface area contributed by atoms with E-state index in [0.29, 0.717) is 6.54 Å². The quantitative estimate of drug-likeness (QED) is 0.259. The van der Waals surface area contributed by atoms with Crippen molar-refractivity contribution < 1.29 is 27.6 Å². The first-order valence-corrected chi connectivity index (χ1v) is 19.9. The van der Waals surface area contributed by atoms with Crippen LogP contribution < -0.4 is 5.32 Å². The SMILES string of the molecule is C.CC1(C)OB(C2=CCCCC2)OC1(C)C.Cc1cc(F)ccc1Br.Cc1cc(F)ccc1C1=CCCCC1.Cc1cc(F)ccc1C1CCNCC1O. The second-order valence-electron chi connectivity index (χ2n) is 15.6. The van der Waals surface area contributed by atoms with Gasteiger partial charge in [-0.25, -0.2) is 13.2 Å². The van der Waals surface area contributed by atoms with Crippen molar-refractivity contribution in [3.63, 3.8) is 0 Å². The van der Waals surface area contributed by atoms with Crippen LogP contribution in [0.4, 0.5) is 13.2 Å². The maximum Gasteiger partial charge on any atom is 0.490 e. The third kappa shape index (κ3) is 12.9. The predicted octanol–water partition coefficient (Wildman–Crippen LogP) is 12.3. The van der Waals surface area contributed by atoms with Crippen LogP contribution in [0, 0.1) is 38.2 Å². The maximum absolute atomic E-state index is 12.9. The highest BCUT2D eigenvalue weighted by Crippen LogP contribution is 2.40. The molecular weight excluding hydrogens is 750 g/mol. The minimum atomic E-state index is -0.358. The summed E-state index contributed by atoms with van der Waals surface area (Å²) in [7, 11) is -0.102. The Labute approximate surface area is 332 Å². The van der Waals surface area contributed by atoms with Crippen molar-refractivity contribution in [3.8, 4) is 0 Å². The van der Waals surface area contributed by atoms with E-state index in [2.05, 4.69) is 61.1 Å². The number of aryl methyl sites for hydroxylation is 3. The van der Waals surface area contributed by atoms with Crippen molar-refractivity contribution in [2.24, 2.45) is 0 Å². The molecule has 2 N–H and O–H groups in total. The van der Waals surface area contributed by atoms with Crippen molar-refractivity contribution >= 4 is 28.6 Å². The van der Waals surface area contributed by atoms with E-state index in [-0.39, 0.29) is 55.2 Å². The van der Waals surface area contributed by atoms with Crippen LogP contribution in [0.2, 0.25) is 0 Å². The molecule has 0 spiro atoms. The van der Waals surface area contributed by atoms with E-state index < -0.39 is 0 Å². The van der Waals surface area contributed by atoms with Gasteiger partial charge >= 0.3 is 7.12 Å². The van der Waals surface area contributed by atoms with E-state index in [4.69, 9.17) is 9.31 Å². The van der Waals surface area contributed by atoms with Crippen LogP contribution in [0.15, 0.2) is 76.7 Å². The van der Waals surface area contributed by atoms with E-state index in [1.165, 1.54) is 79.4 Å². The lowest BCUT2D eigenvalue weighted by Gasteiger charge is -2.32. The lowest BCUT2D eigenvalue weighted by Crippen LogP contribution is -2.41. The number of hydrogen-bond donors (Lipinski definition) is 2. The molecule has 2 fully saturated rings. The van der Waals surface area contributed by atoms with Gasteiger partial charge in [0.25, 0.3) is 0 Å². The van der Waals surface area contributed by atoms with E-state index >= 15 is 0 Å². The molecule has 2 heterocycles. The van der Waals surface area contributed by atoms with Gasteiger partial charge in [-0.05, 0) is 194 Å². The molecule has 0 amide bonds. The molecule has 296 valence electrons. The molecule has 0 radical (unpaired) electrons. The number of nitrogens with one attached hydrogen (secondary N) is 1. The topological polar surface area (TPSA) is 50.7 Å². The van der Waals surface area contributed by atoms with Crippen LogP contribution in [-0.4, -0.2) is 42.6 Å². The first-order chi connectivity index (χ1) is 25.1. The van der Waals surface area contributed by atoms with Gasteiger partial charge in [0.2, 0.25) is 0 Å². The fraction of sp³-hybridized carbons (Fsp3) is 0.511. The number of hydrogen-bond acceptors (Lipinski definition) is 4. The van der Waals surface area contributed by atoms with Gasteiger partial charge in [0, 0.05) is 16.9 Å². The minimum absolute atomic E-state index is 0. The highest BCUT2D eigenvalue weighted by atomic mass is 79.9. The molecule has 0 saturated carbocycles. The molecule has 2 aliphatic heterocycles. The Kier molecular flexibility index (Phi) is 17.8. The fourth-order valence-electron chi connectivity index (χ4n) is 7.01. The molecule has 0 aromatic heterocycles. The van der Waals surface area contributed by atoms with Gasteiger partial charge in [-0.1, -0.05) is 47.6 Å². The number of piperidine rings is 1. The Morgan fingerprint density at radius 1 is 0.741 bits per heavy atom. The number of β-amino-alcohol motifs (C(OH)–C–C–N with tert-alkyl or cyclic N) is 1. The summed E-state index contributed by atoms with van der Waals surface area (Å²) in [6.45, 7) is 15.7. The zero-order valence-corrected chi connectivity index (χ0v) is 34.2. The molecule has 3 aromatic rings. The standard InChI is InChI=1S/C13H15F.C12H21BO2.C12H16FNO.C7H6BrF.CH4/c1-10-9-12(14)7-8-13(10)11-5-3-2-4-6-11;1-11(2)12(3,4)15-13(14-11)10-8-6-5-7-9-10;1-8-6-9(13)2-3-10(8)11-4-5-14-7-12(11)15;1-5-4-6(9)2-3-7(5)8;/h5,7-9H,2-4,6H2,1H3;8H,5-7,9H2,1-4H3;2-3,6,11-12,14-15H,4-5,7H2,1H3;2-4H,1H3;1H4. The number of rotatable bonds is 3. The average Bonchev–Trinajstić information content (AvgIpc) is 3.34. The van der Waals surface area contributed by atoms with Crippen LogP contribution in [0.5, 0.6) is 0 Å². The average molecular weight is 813 g/mol. The van der Waals surface area contributed by atoms with Crippen molar-refractivity contribution in [2.75, 3.05) is 13.1 Å². The van der Waals surface area contributed by atoms with Crippen molar-refractivity contribution in [1.82, 2.24) is 5.32 Å². The normalized spacial score (nSPS) is 21.4. The molecule has 7 rings (SSSR count). The van der Waals surface area contributed by atoms with Crippen LogP contribution in [0.1, 0.15) is 127 Å². The molecule has 2 atom stereocenters. The predicted molar refractivity (Wildman–Crippen MR) is 223 cm³/mol. The molecule has 4 aliphatic rings. The first-order valence-electron chi connectivity index (χ1n) is 19.1. The number of allylic oxidation sites excluding steroid dienone is 4. The van der Waals surface area contributed by atoms with E-state index in [1.807, 2.05) is 26.8 Å². The third-order valence-electron chi connectivity index (χ3n) is 10.9. The van der Waals surface area contributed by atoms with Gasteiger partial charge in [-0.15, -0.1) is 0 Å². The molecule has 4 nitrogen and oxygen atoms in total. The molecule has 2 unspecified atom stereocenters. The lowest BCUT2D eigenvalue weighted by molar-refractivity contribution is 0.00578. The smallest absolute Gasteiger partial charge is 0.400 e. The molecule has 9 heteroatoms. The molecule has 2 aliphatic carbocycles. The van der Waals surface area contributed by atoms with Gasteiger partial charge in [-0.3, -0.25) is 0 Å². The van der Waals surface area contributed by atoms with Crippen molar-refractivity contribution in [2.45, 2.75) is 137 Å². The van der Waals surface area contributed by atoms with Crippen LogP contribution in [0.25, 0.3) is 5.57 Å². The van der Waals surface area contributed by atoms with Gasteiger partial charge in [-0.2, -0.15) is 0 Å². The second-order valence-corrected chi connectivity index (χ2v) is 16.5. The van der Waals surface area contributed by atoms with Gasteiger partial charge < -0.3 is 19.7 Å². The Balaban J connectivity index is 0.000000195. The zero-order valence-electron chi connectivity index (χ0n) is 32.6. The summed E-state index contributed by atoms with van der Waals surface area (Å²) in [4.78, 5) is 0. The van der Waals surface area contributed by atoms with Gasteiger partial charge in [0.15, 0.2) is 0 Å². The second kappa shape index (κ2) is 21.0. The Hall–Kier alpha value is -2.69. The highest BCUT2D eigenvalue weighted by Gasteiger charge is 2.52. The molecule has 2 saturated heterocycles. The number of aliphatic hydroxyl groups is 1. The number of halogens is 4. The highest BCUT2D eigenvalue weighted by molar-refractivity contribution is 9.10. The summed E-state index contributed by atoms with van der Waals surface area (Å²) in [5.41, 5.74) is 7.56. The summed E-state index contributed by atoms with van der Waals surface area (Å²) in [6.07, 6.45) is 14.9. The van der Waals surface area contributed by atoms with Crippen molar-refractivity contribution in [1.29, 1.82) is 0 Å². The van der Waals surface area contributed by atoms with Gasteiger partial charge in [0.05, 0.1) is 17.3 Å². The fourth-order valence-corrected chi connectivity index (χ4v) is 7.26. The molecule has 3 aromatic carbocycles. The first kappa shape index (κ1) is 45.7. The Bertz CT molecular complexity index is 1710. The summed E-state index contributed by atoms with van der Waals surface area (Å²) < 4.78 is 51.1. The van der Waals surface area contributed by atoms with Crippen LogP contribution in [-0.2, 0) is 9.31 Å². The summed E-state index contributed by atoms with van der Waals surface area (Å²) in [6, 6.07) is 14.5. The van der Waals surface area contributed by atoms with Crippen LogP contribution >= 0.6 is 15.9 Å². The Morgan fingerprint density at radius 2 is 1.30 bits per heavy atom. The summed E-state index contributed by atoms with van der Waals surface area (Å²) in [5, 5.41) is 13.0. The number of benzene rings is 3. The molecule has 54 heavy (non-hydrogen) atoms. The maximum atomic E-state index is 12.9. The third-order valence-corrected chi connectivity index (χ3v) is 11.8. The van der Waals surface area contributed by atoms with Crippen molar-refractivity contribution in [3.05, 3.63) is 122 Å². The van der Waals surface area contributed by atoms with E-state index in [1.54, 1.807) is 24.3 Å². The zero-order chi connectivity index (χ0) is 38.8.